The van der Waals surface area contributed by atoms with Gasteiger partial charge in [0.2, 0.25) is 0 Å². The van der Waals surface area contributed by atoms with Crippen molar-refractivity contribution in [1.82, 2.24) is 10.3 Å². The van der Waals surface area contributed by atoms with Gasteiger partial charge in [0, 0.05) is 36.2 Å². The van der Waals surface area contributed by atoms with Crippen LogP contribution in [0.5, 0.6) is 0 Å². The number of nitrogens with one attached hydrogen (secondary N) is 2. The summed E-state index contributed by atoms with van der Waals surface area (Å²) in [6.07, 6.45) is 5.30. The molecule has 1 atom stereocenters. The highest BCUT2D eigenvalue weighted by Gasteiger charge is 2.09. The average Bonchev–Trinajstić information content (AvgIpc) is 2.90. The van der Waals surface area contributed by atoms with E-state index in [1.165, 1.54) is 17.5 Å². The van der Waals surface area contributed by atoms with Gasteiger partial charge in [0.1, 0.15) is 0 Å². The highest BCUT2D eigenvalue weighted by atomic mass is 19.1. The van der Waals surface area contributed by atoms with Crippen LogP contribution in [-0.2, 0) is 11.3 Å². The summed E-state index contributed by atoms with van der Waals surface area (Å²) in [6, 6.07) is 18.0. The van der Waals surface area contributed by atoms with E-state index < -0.39 is 12.6 Å². The molecule has 1 aromatic heterocycles. The smallest absolute Gasteiger partial charge is 0.251 e. The van der Waals surface area contributed by atoms with Gasteiger partial charge in [-0.3, -0.25) is 14.6 Å². The molecule has 36 heavy (non-hydrogen) atoms. The molecule has 6 heteroatoms. The number of carbonyl (C=O) groups excluding carboxylic acids is 2. The molecule has 2 aromatic carbocycles. The summed E-state index contributed by atoms with van der Waals surface area (Å²) in [7, 11) is 0. The van der Waals surface area contributed by atoms with Crippen LogP contribution in [0, 0.1) is 13.8 Å². The Hall–Kier alpha value is -3.54. The molecular formula is C30H42FN3O2. The fourth-order valence-electron chi connectivity index (χ4n) is 2.96. The van der Waals surface area contributed by atoms with Crippen molar-refractivity contribution in [3.8, 4) is 0 Å². The number of aryl methyl sites for hydroxylation is 2. The van der Waals surface area contributed by atoms with Gasteiger partial charge in [0.05, 0.1) is 0 Å². The summed E-state index contributed by atoms with van der Waals surface area (Å²) in [5.74, 6) is -0.596. The second-order valence-corrected chi connectivity index (χ2v) is 7.97. The Morgan fingerprint density at radius 3 is 2.22 bits per heavy atom. The van der Waals surface area contributed by atoms with Crippen molar-refractivity contribution in [3.63, 3.8) is 0 Å². The summed E-state index contributed by atoms with van der Waals surface area (Å²) in [5.41, 5.74) is 5.94. The van der Waals surface area contributed by atoms with Crippen molar-refractivity contribution in [3.05, 3.63) is 94.8 Å². The van der Waals surface area contributed by atoms with Crippen molar-refractivity contribution < 1.29 is 14.0 Å². The third-order valence-electron chi connectivity index (χ3n) is 4.56. The van der Waals surface area contributed by atoms with Crippen LogP contribution in [0.4, 0.5) is 10.1 Å². The van der Waals surface area contributed by atoms with Gasteiger partial charge in [-0.2, -0.15) is 0 Å². The van der Waals surface area contributed by atoms with Crippen molar-refractivity contribution in [2.75, 3.05) is 12.0 Å². The Labute approximate surface area is 216 Å². The number of carbonyl (C=O) groups is 2. The zero-order chi connectivity index (χ0) is 27.3. The van der Waals surface area contributed by atoms with Gasteiger partial charge in [-0.1, -0.05) is 82.1 Å². The number of alkyl halides is 1. The summed E-state index contributed by atoms with van der Waals surface area (Å²) in [4.78, 5) is 25.0. The first-order valence-electron chi connectivity index (χ1n) is 12.4. The Morgan fingerprint density at radius 1 is 1.00 bits per heavy atom. The summed E-state index contributed by atoms with van der Waals surface area (Å²) in [6.45, 7) is 13.6. The van der Waals surface area contributed by atoms with Crippen molar-refractivity contribution in [2.45, 2.75) is 67.5 Å². The molecule has 0 saturated carbocycles. The predicted octanol–water partition coefficient (Wildman–Crippen LogP) is 7.40. The van der Waals surface area contributed by atoms with Gasteiger partial charge in [-0.25, -0.2) is 4.39 Å². The SMILES string of the molecule is CC.CCC.Cc1cccc(C(C)Nc2ccccc2CNC(=O)CF)c1.Cc1cncc(C=O)c1. The molecule has 0 bridgehead atoms. The molecule has 2 N–H and O–H groups in total. The molecule has 1 heterocycles. The Bertz CT molecular complexity index is 1020. The number of rotatable bonds is 7. The number of hydrogen-bond acceptors (Lipinski definition) is 4. The maximum absolute atomic E-state index is 12.2. The monoisotopic (exact) mass is 495 g/mol. The van der Waals surface area contributed by atoms with E-state index in [1.807, 2.05) is 51.1 Å². The topological polar surface area (TPSA) is 71.1 Å². The Balaban J connectivity index is 0.000000723. The molecule has 5 nitrogen and oxygen atoms in total. The first kappa shape index (κ1) is 32.5. The predicted molar refractivity (Wildman–Crippen MR) is 149 cm³/mol. The van der Waals surface area contributed by atoms with Crippen LogP contribution in [0.25, 0.3) is 0 Å². The lowest BCUT2D eigenvalue weighted by Crippen LogP contribution is -2.24. The zero-order valence-corrected chi connectivity index (χ0v) is 22.8. The molecule has 1 unspecified atom stereocenters. The maximum atomic E-state index is 12.2. The summed E-state index contributed by atoms with van der Waals surface area (Å²) >= 11 is 0. The van der Waals surface area contributed by atoms with E-state index in [0.717, 1.165) is 23.1 Å². The minimum absolute atomic E-state index is 0.137. The molecule has 1 amide bonds. The highest BCUT2D eigenvalue weighted by molar-refractivity contribution is 5.77. The molecule has 0 radical (unpaired) electrons. The standard InChI is InChI=1S/C18H21FN2O.C7H7NO.C3H8.C2H6/c1-13-6-5-8-15(10-13)14(2)21-17-9-4-3-7-16(17)12-20-18(22)11-19;1-6-2-7(5-9)4-8-3-6;1-3-2;1-2/h3-10,14,21H,11-12H2,1-2H3,(H,20,22);2-5H,1H3;3H2,1-2H3;1-2H3. The molecule has 0 aliphatic carbocycles. The van der Waals surface area contributed by atoms with E-state index in [4.69, 9.17) is 0 Å². The first-order valence-corrected chi connectivity index (χ1v) is 12.4. The quantitative estimate of drug-likeness (QED) is 0.335. The number of anilines is 1. The molecule has 0 aliphatic heterocycles. The molecule has 3 rings (SSSR count). The Kier molecular flexibility index (Phi) is 17.8. The van der Waals surface area contributed by atoms with Gasteiger partial charge in [0.25, 0.3) is 5.91 Å². The summed E-state index contributed by atoms with van der Waals surface area (Å²) < 4.78 is 12.2. The number of aldehydes is 1. The van der Waals surface area contributed by atoms with Crippen molar-refractivity contribution in [2.24, 2.45) is 0 Å². The van der Waals surface area contributed by atoms with E-state index in [2.05, 4.69) is 61.5 Å². The lowest BCUT2D eigenvalue weighted by molar-refractivity contribution is -0.122. The summed E-state index contributed by atoms with van der Waals surface area (Å²) in [5, 5.41) is 6.01. The number of benzene rings is 2. The lowest BCUT2D eigenvalue weighted by Gasteiger charge is -2.19. The van der Waals surface area contributed by atoms with E-state index in [9.17, 15) is 14.0 Å². The highest BCUT2D eigenvalue weighted by Crippen LogP contribution is 2.23. The largest absolute Gasteiger partial charge is 0.378 e. The number of halogens is 1. The van der Waals surface area contributed by atoms with Crippen LogP contribution in [0.15, 0.2) is 67.0 Å². The third-order valence-corrected chi connectivity index (χ3v) is 4.56. The van der Waals surface area contributed by atoms with Crippen LogP contribution >= 0.6 is 0 Å². The minimum atomic E-state index is -0.991. The number of para-hydroxylation sites is 1. The molecule has 0 fully saturated rings. The van der Waals surface area contributed by atoms with Crippen LogP contribution in [0.2, 0.25) is 0 Å². The Morgan fingerprint density at radius 2 is 1.67 bits per heavy atom. The number of pyridine rings is 1. The van der Waals surface area contributed by atoms with Crippen LogP contribution < -0.4 is 10.6 Å². The van der Waals surface area contributed by atoms with Crippen LogP contribution in [0.1, 0.15) is 79.7 Å². The molecule has 0 saturated heterocycles. The van der Waals surface area contributed by atoms with Crippen LogP contribution in [0.3, 0.4) is 0 Å². The van der Waals surface area contributed by atoms with E-state index in [0.29, 0.717) is 12.1 Å². The van der Waals surface area contributed by atoms with Crippen molar-refractivity contribution in [1.29, 1.82) is 0 Å². The number of hydrogen-bond donors (Lipinski definition) is 2. The van der Waals surface area contributed by atoms with Gasteiger partial charge in [-0.15, -0.1) is 0 Å². The number of aromatic nitrogens is 1. The third kappa shape index (κ3) is 13.4. The van der Waals surface area contributed by atoms with E-state index in [-0.39, 0.29) is 6.04 Å². The van der Waals surface area contributed by atoms with Gasteiger partial charge in [-0.05, 0) is 49.6 Å². The average molecular weight is 496 g/mol. The lowest BCUT2D eigenvalue weighted by atomic mass is 10.0. The van der Waals surface area contributed by atoms with Gasteiger partial charge in [0.15, 0.2) is 13.0 Å². The first-order chi connectivity index (χ1) is 17.3. The fourth-order valence-corrected chi connectivity index (χ4v) is 2.96. The van der Waals surface area contributed by atoms with Gasteiger partial charge >= 0.3 is 0 Å². The van der Waals surface area contributed by atoms with Gasteiger partial charge < -0.3 is 10.6 Å². The van der Waals surface area contributed by atoms with Crippen molar-refractivity contribution >= 4 is 17.9 Å². The second kappa shape index (κ2) is 19.7. The second-order valence-electron chi connectivity index (χ2n) is 7.97. The van der Waals surface area contributed by atoms with Crippen LogP contribution in [-0.4, -0.2) is 23.9 Å². The van der Waals surface area contributed by atoms with E-state index >= 15 is 0 Å². The molecule has 3 aromatic rings. The number of nitrogens with zero attached hydrogens (tertiary/aromatic N) is 1. The normalized spacial score (nSPS) is 10.1. The molecule has 0 spiro atoms. The van der Waals surface area contributed by atoms with E-state index in [1.54, 1.807) is 18.5 Å². The molecule has 196 valence electrons. The number of amides is 1. The fraction of sp³-hybridized carbons (Fsp3) is 0.367. The zero-order valence-electron chi connectivity index (χ0n) is 22.8. The maximum Gasteiger partial charge on any atom is 0.251 e. The molecule has 0 aliphatic rings. The molecular weight excluding hydrogens is 453 g/mol. The minimum Gasteiger partial charge on any atom is -0.378 e.